The van der Waals surface area contributed by atoms with Gasteiger partial charge in [0.05, 0.1) is 11.7 Å². The lowest BCUT2D eigenvalue weighted by Crippen LogP contribution is -2.31. The Balaban J connectivity index is 1.42. The first-order valence-electron chi connectivity index (χ1n) is 13.4. The normalized spacial score (nSPS) is 26.3. The van der Waals surface area contributed by atoms with E-state index in [2.05, 4.69) is 6.92 Å². The number of hydrogen-bond acceptors (Lipinski definition) is 5. The molecule has 1 atom stereocenters. The Morgan fingerprint density at radius 2 is 1.26 bits per heavy atom. The Kier molecular flexibility index (Phi) is 13.3. The van der Waals surface area contributed by atoms with Crippen molar-refractivity contribution in [2.75, 3.05) is 13.1 Å². The van der Waals surface area contributed by atoms with Crippen LogP contribution in [0, 0.1) is 0 Å². The van der Waals surface area contributed by atoms with Crippen LogP contribution in [-0.2, 0) is 18.2 Å². The van der Waals surface area contributed by atoms with E-state index in [4.69, 9.17) is 13.7 Å². The predicted molar refractivity (Wildman–Crippen MR) is 129 cm³/mol. The van der Waals surface area contributed by atoms with Crippen molar-refractivity contribution in [2.45, 2.75) is 148 Å². The zero-order chi connectivity index (χ0) is 22.4. The van der Waals surface area contributed by atoms with Gasteiger partial charge in [0.2, 0.25) is 0 Å². The molecule has 3 saturated heterocycles. The van der Waals surface area contributed by atoms with Crippen LogP contribution >= 0.6 is 7.82 Å². The molecule has 3 fully saturated rings. The summed E-state index contributed by atoms with van der Waals surface area (Å²) in [7, 11) is -3.49. The van der Waals surface area contributed by atoms with E-state index in [1.165, 1.54) is 89.9 Å². The highest BCUT2D eigenvalue weighted by molar-refractivity contribution is 7.48. The highest BCUT2D eigenvalue weighted by atomic mass is 31.2. The fourth-order valence-corrected chi connectivity index (χ4v) is 6.50. The summed E-state index contributed by atoms with van der Waals surface area (Å²) in [6.45, 7) is 7.84. The average Bonchev–Trinajstić information content (AvgIpc) is 2.97. The Bertz CT molecular complexity index is 488. The summed E-state index contributed by atoms with van der Waals surface area (Å²) in [6.07, 6.45) is 23.0. The van der Waals surface area contributed by atoms with Gasteiger partial charge >= 0.3 is 7.82 Å². The number of hydrogen-bond donors (Lipinski definition) is 0. The molecular weight excluding hydrogens is 409 g/mol. The standard InChI is InChI=1S/C25H50NO4P/c1-4-5-6-7-8-9-10-11-12-13-14-15-16-17-18-21-25(2,3)29-31(27)28-24-19-22-26(30-31)23-20-24/h24H,4-23H2,1-3H3. The van der Waals surface area contributed by atoms with Crippen molar-refractivity contribution in [2.24, 2.45) is 0 Å². The fraction of sp³-hybridized carbons (Fsp3) is 1.00. The molecule has 0 amide bonds. The van der Waals surface area contributed by atoms with Crippen LogP contribution in [0.2, 0.25) is 0 Å². The van der Waals surface area contributed by atoms with Gasteiger partial charge in [-0.25, -0.2) is 4.57 Å². The van der Waals surface area contributed by atoms with Crippen LogP contribution in [0.4, 0.5) is 0 Å². The molecule has 3 rings (SSSR count). The topological polar surface area (TPSA) is 48.0 Å². The summed E-state index contributed by atoms with van der Waals surface area (Å²) < 4.78 is 30.2. The minimum absolute atomic E-state index is 0.00572. The molecule has 0 aromatic heterocycles. The maximum Gasteiger partial charge on any atom is 0.492 e. The summed E-state index contributed by atoms with van der Waals surface area (Å²) in [4.78, 5) is 0. The van der Waals surface area contributed by atoms with E-state index in [0.717, 1.165) is 38.8 Å². The molecule has 0 N–H and O–H groups in total. The van der Waals surface area contributed by atoms with Crippen LogP contribution in [0.25, 0.3) is 0 Å². The van der Waals surface area contributed by atoms with Gasteiger partial charge in [0.25, 0.3) is 0 Å². The van der Waals surface area contributed by atoms with Crippen LogP contribution in [-0.4, -0.2) is 29.9 Å². The van der Waals surface area contributed by atoms with Crippen LogP contribution in [0.1, 0.15) is 136 Å². The average molecular weight is 460 g/mol. The van der Waals surface area contributed by atoms with Gasteiger partial charge in [-0.3, -0.25) is 9.05 Å². The van der Waals surface area contributed by atoms with Crippen LogP contribution < -0.4 is 0 Å². The maximum atomic E-state index is 13.0. The Labute approximate surface area is 192 Å². The lowest BCUT2D eigenvalue weighted by molar-refractivity contribution is -0.0877. The van der Waals surface area contributed by atoms with Gasteiger partial charge in [0.15, 0.2) is 0 Å². The Hall–Kier alpha value is 0.0700. The number of unbranched alkanes of at least 4 members (excludes halogenated alkanes) is 14. The molecule has 1 unspecified atom stereocenters. The maximum absolute atomic E-state index is 13.0. The smallest absolute Gasteiger partial charge is 0.282 e. The van der Waals surface area contributed by atoms with E-state index in [1.807, 2.05) is 13.8 Å². The summed E-state index contributed by atoms with van der Waals surface area (Å²) in [5.74, 6) is 0. The molecule has 0 radical (unpaired) electrons. The molecule has 31 heavy (non-hydrogen) atoms. The number of nitrogens with zero attached hydrogens (tertiary/aromatic N) is 1. The lowest BCUT2D eigenvalue weighted by atomic mass is 9.99. The van der Waals surface area contributed by atoms with Crippen molar-refractivity contribution in [1.82, 2.24) is 5.06 Å². The van der Waals surface area contributed by atoms with Crippen LogP contribution in [0.3, 0.4) is 0 Å². The summed E-state index contributed by atoms with van der Waals surface area (Å²) in [5.41, 5.74) is -0.489. The fourth-order valence-electron chi connectivity index (χ4n) is 4.67. The first kappa shape index (κ1) is 27.3. The molecule has 5 nitrogen and oxygen atoms in total. The van der Waals surface area contributed by atoms with Crippen molar-refractivity contribution in [3.05, 3.63) is 0 Å². The second-order valence-electron chi connectivity index (χ2n) is 10.3. The van der Waals surface area contributed by atoms with Gasteiger partial charge in [-0.2, -0.15) is 9.69 Å². The largest absolute Gasteiger partial charge is 0.492 e. The van der Waals surface area contributed by atoms with Gasteiger partial charge in [0.1, 0.15) is 0 Å². The molecule has 2 bridgehead atoms. The van der Waals surface area contributed by atoms with Crippen molar-refractivity contribution < 1.29 is 18.2 Å². The molecular formula is C25H50NO4P. The van der Waals surface area contributed by atoms with E-state index in [-0.39, 0.29) is 6.10 Å². The minimum Gasteiger partial charge on any atom is -0.282 e. The first-order chi connectivity index (χ1) is 14.9. The predicted octanol–water partition coefficient (Wildman–Crippen LogP) is 8.58. The molecule has 3 heterocycles. The molecule has 0 aromatic carbocycles. The van der Waals surface area contributed by atoms with Crippen molar-refractivity contribution in [3.8, 4) is 0 Å². The van der Waals surface area contributed by atoms with E-state index < -0.39 is 13.4 Å². The highest BCUT2D eigenvalue weighted by Crippen LogP contribution is 2.58. The van der Waals surface area contributed by atoms with E-state index >= 15 is 0 Å². The number of phosphoric acid groups is 1. The van der Waals surface area contributed by atoms with Gasteiger partial charge < -0.3 is 0 Å². The zero-order valence-corrected chi connectivity index (χ0v) is 21.6. The van der Waals surface area contributed by atoms with Gasteiger partial charge in [-0.15, -0.1) is 0 Å². The second-order valence-corrected chi connectivity index (χ2v) is 11.8. The van der Waals surface area contributed by atoms with Gasteiger partial charge in [0, 0.05) is 13.1 Å². The van der Waals surface area contributed by atoms with Crippen molar-refractivity contribution in [3.63, 3.8) is 0 Å². The van der Waals surface area contributed by atoms with Gasteiger partial charge in [-0.05, 0) is 33.1 Å². The number of piperidine rings is 1. The summed E-state index contributed by atoms with van der Waals surface area (Å²) >= 11 is 0. The minimum atomic E-state index is -3.49. The first-order valence-corrected chi connectivity index (χ1v) is 14.8. The van der Waals surface area contributed by atoms with Gasteiger partial charge in [-0.1, -0.05) is 103 Å². The number of hydroxylamine groups is 2. The number of rotatable bonds is 18. The molecule has 6 heteroatoms. The van der Waals surface area contributed by atoms with E-state index in [9.17, 15) is 4.57 Å². The highest BCUT2D eigenvalue weighted by Gasteiger charge is 2.44. The SMILES string of the molecule is CCCCCCCCCCCCCCCCCC(C)(C)OP1(=O)OC2CCN(CC2)O1. The monoisotopic (exact) mass is 459 g/mol. The Morgan fingerprint density at radius 3 is 1.74 bits per heavy atom. The van der Waals surface area contributed by atoms with Crippen molar-refractivity contribution in [1.29, 1.82) is 0 Å². The summed E-state index contributed by atoms with van der Waals surface area (Å²) in [6, 6.07) is 0. The molecule has 0 spiro atoms. The lowest BCUT2D eigenvalue weighted by Gasteiger charge is -2.29. The second kappa shape index (κ2) is 15.1. The molecule has 0 aromatic rings. The third-order valence-corrected chi connectivity index (χ3v) is 8.34. The Morgan fingerprint density at radius 1 is 0.806 bits per heavy atom. The van der Waals surface area contributed by atoms with Crippen LogP contribution in [0.5, 0.6) is 0 Å². The van der Waals surface area contributed by atoms with E-state index in [0.29, 0.717) is 0 Å². The molecule has 0 aliphatic carbocycles. The third kappa shape index (κ3) is 12.2. The molecule has 3 aliphatic heterocycles. The molecule has 3 aliphatic rings. The third-order valence-electron chi connectivity index (χ3n) is 6.64. The zero-order valence-electron chi connectivity index (χ0n) is 20.7. The quantitative estimate of drug-likeness (QED) is 0.152. The number of fused-ring (bicyclic) bond motifs is 4. The molecule has 184 valence electrons. The number of phosphoric ester groups is 1. The van der Waals surface area contributed by atoms with E-state index in [1.54, 1.807) is 5.06 Å². The molecule has 0 saturated carbocycles. The summed E-state index contributed by atoms with van der Waals surface area (Å²) in [5, 5.41) is 1.76. The van der Waals surface area contributed by atoms with Crippen molar-refractivity contribution >= 4 is 7.82 Å². The van der Waals surface area contributed by atoms with Crippen LogP contribution in [0.15, 0.2) is 0 Å².